The highest BCUT2D eigenvalue weighted by Gasteiger charge is 2.16. The molecule has 0 amide bonds. The van der Waals surface area contributed by atoms with Crippen LogP contribution in [0.3, 0.4) is 0 Å². The van der Waals surface area contributed by atoms with Gasteiger partial charge in [0.15, 0.2) is 11.5 Å². The molecule has 0 atom stereocenters. The van der Waals surface area contributed by atoms with E-state index in [4.69, 9.17) is 30.0 Å². The Morgan fingerprint density at radius 1 is 1.03 bits per heavy atom. The summed E-state index contributed by atoms with van der Waals surface area (Å²) in [6, 6.07) is 12.2. The van der Waals surface area contributed by atoms with E-state index in [9.17, 15) is 4.79 Å². The molecule has 10 heteroatoms. The number of hydrogen-bond acceptors (Lipinski definition) is 9. The summed E-state index contributed by atoms with van der Waals surface area (Å²) >= 11 is 7.45. The molecule has 0 aliphatic carbocycles. The lowest BCUT2D eigenvalue weighted by atomic mass is 10.1. The Labute approximate surface area is 196 Å². The normalized spacial score (nSPS) is 11.1. The van der Waals surface area contributed by atoms with Gasteiger partial charge in [-0.05, 0) is 42.5 Å². The number of halogens is 1. The van der Waals surface area contributed by atoms with Crippen molar-refractivity contribution in [1.29, 1.82) is 0 Å². The van der Waals surface area contributed by atoms with Gasteiger partial charge in [0.1, 0.15) is 10.6 Å². The number of thiazole rings is 1. The number of benzene rings is 2. The fourth-order valence-corrected chi connectivity index (χ4v) is 4.30. The van der Waals surface area contributed by atoms with E-state index in [1.54, 1.807) is 56.0 Å². The largest absolute Gasteiger partial charge is 0.493 e. The summed E-state index contributed by atoms with van der Waals surface area (Å²) in [5.41, 5.74) is 1.62. The summed E-state index contributed by atoms with van der Waals surface area (Å²) in [5, 5.41) is 7.85. The van der Waals surface area contributed by atoms with Gasteiger partial charge >= 0.3 is 5.63 Å². The maximum Gasteiger partial charge on any atom is 0.345 e. The van der Waals surface area contributed by atoms with E-state index in [1.807, 2.05) is 6.07 Å². The zero-order valence-electron chi connectivity index (χ0n) is 17.5. The van der Waals surface area contributed by atoms with Crippen LogP contribution in [0.15, 0.2) is 61.6 Å². The predicted octanol–water partition coefficient (Wildman–Crippen LogP) is 5.23. The van der Waals surface area contributed by atoms with Crippen LogP contribution in [0.1, 0.15) is 10.9 Å². The number of ether oxygens (including phenoxy) is 2. The summed E-state index contributed by atoms with van der Waals surface area (Å²) < 4.78 is 21.4. The van der Waals surface area contributed by atoms with Crippen molar-refractivity contribution in [3.8, 4) is 34.1 Å². The minimum absolute atomic E-state index is 0.329. The van der Waals surface area contributed by atoms with Gasteiger partial charge in [0, 0.05) is 21.4 Å². The Hall–Kier alpha value is -3.69. The maximum atomic E-state index is 12.4. The molecule has 0 saturated carbocycles. The fraction of sp³-hybridized carbons (Fsp3) is 0.130. The molecule has 3 heterocycles. The third-order valence-corrected chi connectivity index (χ3v) is 6.02. The average Bonchev–Trinajstić information content (AvgIpc) is 3.48. The van der Waals surface area contributed by atoms with E-state index in [0.29, 0.717) is 51.5 Å². The Balaban J connectivity index is 1.39. The lowest BCUT2D eigenvalue weighted by Gasteiger charge is -2.07. The van der Waals surface area contributed by atoms with Crippen molar-refractivity contribution >= 4 is 33.9 Å². The second kappa shape index (κ2) is 8.68. The molecule has 0 bridgehead atoms. The standard InChI is InChI=1S/C23H16ClN3O5S/c1-29-18-5-3-12(9-19(18)30-2)22-26-20(32-27-22)10-21-25-16(11-33-21)15-8-13-7-14(24)4-6-17(13)31-23(15)28/h3-9,11H,10H2,1-2H3. The first-order chi connectivity index (χ1) is 16.0. The predicted molar refractivity (Wildman–Crippen MR) is 124 cm³/mol. The van der Waals surface area contributed by atoms with Crippen molar-refractivity contribution in [3.63, 3.8) is 0 Å². The molecule has 0 aliphatic rings. The Morgan fingerprint density at radius 2 is 1.88 bits per heavy atom. The Bertz CT molecular complexity index is 1520. The third-order valence-electron chi connectivity index (χ3n) is 4.93. The highest BCUT2D eigenvalue weighted by molar-refractivity contribution is 7.10. The van der Waals surface area contributed by atoms with Crippen LogP contribution in [0.4, 0.5) is 0 Å². The molecule has 8 nitrogen and oxygen atoms in total. The van der Waals surface area contributed by atoms with Gasteiger partial charge < -0.3 is 18.4 Å². The molecule has 5 aromatic rings. The average molecular weight is 482 g/mol. The van der Waals surface area contributed by atoms with Gasteiger partial charge in [-0.3, -0.25) is 0 Å². The number of rotatable bonds is 6. The van der Waals surface area contributed by atoms with Crippen LogP contribution < -0.4 is 15.1 Å². The smallest absolute Gasteiger partial charge is 0.345 e. The van der Waals surface area contributed by atoms with Gasteiger partial charge in [0.2, 0.25) is 11.7 Å². The number of fused-ring (bicyclic) bond motifs is 1. The SMILES string of the molecule is COc1ccc(-c2noc(Cc3nc(-c4cc5cc(Cl)ccc5oc4=O)cs3)n2)cc1OC. The highest BCUT2D eigenvalue weighted by Crippen LogP contribution is 2.31. The van der Waals surface area contributed by atoms with Crippen LogP contribution >= 0.6 is 22.9 Å². The lowest BCUT2D eigenvalue weighted by Crippen LogP contribution is -2.03. The highest BCUT2D eigenvalue weighted by atomic mass is 35.5. The van der Waals surface area contributed by atoms with Crippen LogP contribution in [0, 0.1) is 0 Å². The van der Waals surface area contributed by atoms with Crippen molar-refractivity contribution in [3.05, 3.63) is 74.2 Å². The van der Waals surface area contributed by atoms with E-state index in [2.05, 4.69) is 15.1 Å². The summed E-state index contributed by atoms with van der Waals surface area (Å²) in [7, 11) is 3.14. The molecule has 0 unspecified atom stereocenters. The summed E-state index contributed by atoms with van der Waals surface area (Å²) in [6.07, 6.45) is 0.329. The van der Waals surface area contributed by atoms with Crippen LogP contribution in [0.5, 0.6) is 11.5 Å². The van der Waals surface area contributed by atoms with Gasteiger partial charge in [-0.25, -0.2) is 9.78 Å². The van der Waals surface area contributed by atoms with E-state index >= 15 is 0 Å². The Kier molecular flexibility index (Phi) is 5.57. The fourth-order valence-electron chi connectivity index (χ4n) is 3.34. The minimum atomic E-state index is -0.463. The van der Waals surface area contributed by atoms with Crippen molar-refractivity contribution in [2.24, 2.45) is 0 Å². The first kappa shape index (κ1) is 21.2. The monoisotopic (exact) mass is 481 g/mol. The summed E-state index contributed by atoms with van der Waals surface area (Å²) in [5.74, 6) is 2.01. The number of methoxy groups -OCH3 is 2. The molecule has 0 N–H and O–H groups in total. The molecule has 5 rings (SSSR count). The van der Waals surface area contributed by atoms with Gasteiger partial charge in [-0.2, -0.15) is 4.98 Å². The second-order valence-corrected chi connectivity index (χ2v) is 8.39. The zero-order valence-corrected chi connectivity index (χ0v) is 19.1. The molecule has 0 spiro atoms. The number of nitrogens with zero attached hydrogens (tertiary/aromatic N) is 3. The Morgan fingerprint density at radius 3 is 2.70 bits per heavy atom. The maximum absolute atomic E-state index is 12.4. The van der Waals surface area contributed by atoms with E-state index in [-0.39, 0.29) is 0 Å². The zero-order chi connectivity index (χ0) is 22.9. The van der Waals surface area contributed by atoms with Crippen molar-refractivity contribution in [1.82, 2.24) is 15.1 Å². The molecule has 0 saturated heterocycles. The van der Waals surface area contributed by atoms with E-state index in [1.165, 1.54) is 11.3 Å². The lowest BCUT2D eigenvalue weighted by molar-refractivity contribution is 0.355. The molecule has 0 fully saturated rings. The summed E-state index contributed by atoms with van der Waals surface area (Å²) in [6.45, 7) is 0. The topological polar surface area (TPSA) is 100 Å². The van der Waals surface area contributed by atoms with Gasteiger partial charge in [0.05, 0.1) is 31.9 Å². The molecule has 3 aromatic heterocycles. The quantitative estimate of drug-likeness (QED) is 0.304. The summed E-state index contributed by atoms with van der Waals surface area (Å²) in [4.78, 5) is 21.5. The van der Waals surface area contributed by atoms with Crippen LogP contribution in [-0.4, -0.2) is 29.3 Å². The minimum Gasteiger partial charge on any atom is -0.493 e. The first-order valence-corrected chi connectivity index (χ1v) is 11.0. The molecule has 166 valence electrons. The van der Waals surface area contributed by atoms with Gasteiger partial charge in [-0.15, -0.1) is 11.3 Å². The molecule has 0 aliphatic heterocycles. The first-order valence-electron chi connectivity index (χ1n) is 9.77. The molecule has 33 heavy (non-hydrogen) atoms. The van der Waals surface area contributed by atoms with Crippen molar-refractivity contribution < 1.29 is 18.4 Å². The number of aromatic nitrogens is 3. The van der Waals surface area contributed by atoms with Crippen molar-refractivity contribution in [2.45, 2.75) is 6.42 Å². The molecular formula is C23H16ClN3O5S. The van der Waals surface area contributed by atoms with Crippen LogP contribution in [-0.2, 0) is 6.42 Å². The number of hydrogen-bond donors (Lipinski definition) is 0. The molecule has 2 aromatic carbocycles. The third kappa shape index (κ3) is 4.20. The van der Waals surface area contributed by atoms with Crippen LogP contribution in [0.25, 0.3) is 33.6 Å². The van der Waals surface area contributed by atoms with Gasteiger partial charge in [0.25, 0.3) is 0 Å². The molecular weight excluding hydrogens is 466 g/mol. The van der Waals surface area contributed by atoms with Crippen molar-refractivity contribution in [2.75, 3.05) is 14.2 Å². The van der Waals surface area contributed by atoms with Crippen LogP contribution in [0.2, 0.25) is 5.02 Å². The van der Waals surface area contributed by atoms with E-state index in [0.717, 1.165) is 16.0 Å². The molecule has 0 radical (unpaired) electrons. The van der Waals surface area contributed by atoms with E-state index < -0.39 is 5.63 Å². The second-order valence-electron chi connectivity index (χ2n) is 7.01. The van der Waals surface area contributed by atoms with Gasteiger partial charge in [-0.1, -0.05) is 16.8 Å².